The van der Waals surface area contributed by atoms with Crippen molar-refractivity contribution in [2.75, 3.05) is 13.1 Å². The van der Waals surface area contributed by atoms with E-state index in [1.165, 1.54) is 18.4 Å². The summed E-state index contributed by atoms with van der Waals surface area (Å²) in [4.78, 5) is 4.38. The lowest BCUT2D eigenvalue weighted by molar-refractivity contribution is 0.247. The van der Waals surface area contributed by atoms with Crippen molar-refractivity contribution in [2.45, 2.75) is 32.6 Å². The van der Waals surface area contributed by atoms with Crippen molar-refractivity contribution in [2.24, 2.45) is 5.92 Å². The molecule has 1 N–H and O–H groups in total. The van der Waals surface area contributed by atoms with Gasteiger partial charge in [-0.2, -0.15) is 0 Å². The third-order valence-electron chi connectivity index (χ3n) is 3.44. The van der Waals surface area contributed by atoms with E-state index in [4.69, 9.17) is 0 Å². The van der Waals surface area contributed by atoms with E-state index in [9.17, 15) is 0 Å². The van der Waals surface area contributed by atoms with E-state index in [1.807, 2.05) is 6.92 Å². The van der Waals surface area contributed by atoms with Crippen LogP contribution in [0.2, 0.25) is 0 Å². The molecule has 2 rings (SSSR count). The van der Waals surface area contributed by atoms with Gasteiger partial charge in [-0.05, 0) is 56.3 Å². The van der Waals surface area contributed by atoms with Gasteiger partial charge < -0.3 is 5.32 Å². The van der Waals surface area contributed by atoms with Crippen molar-refractivity contribution < 1.29 is 0 Å². The number of hydrogen-bond donors (Lipinski definition) is 1. The Balaban J connectivity index is 1.96. The second-order valence-corrected chi connectivity index (χ2v) is 4.48. The van der Waals surface area contributed by atoms with Crippen molar-refractivity contribution >= 4 is 0 Å². The molecule has 2 nitrogen and oxygen atoms in total. The van der Waals surface area contributed by atoms with Crippen LogP contribution in [0.3, 0.4) is 0 Å². The van der Waals surface area contributed by atoms with Crippen molar-refractivity contribution in [3.05, 3.63) is 29.6 Å². The van der Waals surface area contributed by atoms with E-state index < -0.39 is 0 Å². The second-order valence-electron chi connectivity index (χ2n) is 4.48. The first-order valence-corrected chi connectivity index (χ1v) is 5.94. The predicted molar refractivity (Wildman–Crippen MR) is 63.0 cm³/mol. The van der Waals surface area contributed by atoms with Gasteiger partial charge in [-0.15, -0.1) is 0 Å². The van der Waals surface area contributed by atoms with Crippen molar-refractivity contribution in [1.82, 2.24) is 10.3 Å². The van der Waals surface area contributed by atoms with Crippen LogP contribution in [0.1, 0.15) is 36.9 Å². The largest absolute Gasteiger partial charge is 0.317 e. The van der Waals surface area contributed by atoms with Crippen LogP contribution in [0, 0.1) is 12.8 Å². The van der Waals surface area contributed by atoms with Crippen LogP contribution in [0.5, 0.6) is 0 Å². The summed E-state index contributed by atoms with van der Waals surface area (Å²) in [5.74, 6) is 1.58. The minimum Gasteiger partial charge on any atom is -0.317 e. The fraction of sp³-hybridized carbons (Fsp3) is 0.615. The summed E-state index contributed by atoms with van der Waals surface area (Å²) in [5, 5.41) is 3.44. The maximum absolute atomic E-state index is 4.38. The molecule has 0 bridgehead atoms. The Labute approximate surface area is 92.1 Å². The lowest BCUT2D eigenvalue weighted by Gasteiger charge is -2.37. The summed E-state index contributed by atoms with van der Waals surface area (Å²) >= 11 is 0. The summed E-state index contributed by atoms with van der Waals surface area (Å²) in [6, 6.07) is 4.36. The SMILES string of the molecule is CCNCC1CCC1c1ccc(C)nc1. The summed E-state index contributed by atoms with van der Waals surface area (Å²) in [7, 11) is 0. The number of hydrogen-bond acceptors (Lipinski definition) is 2. The number of aryl methyl sites for hydroxylation is 1. The monoisotopic (exact) mass is 204 g/mol. The molecule has 0 amide bonds. The van der Waals surface area contributed by atoms with Gasteiger partial charge in [0.25, 0.3) is 0 Å². The third-order valence-corrected chi connectivity index (χ3v) is 3.44. The van der Waals surface area contributed by atoms with Crippen molar-refractivity contribution in [3.63, 3.8) is 0 Å². The molecule has 1 aliphatic carbocycles. The molecule has 1 aliphatic rings. The molecule has 0 saturated heterocycles. The van der Waals surface area contributed by atoms with Crippen LogP contribution in [-0.4, -0.2) is 18.1 Å². The number of nitrogens with zero attached hydrogens (tertiary/aromatic N) is 1. The minimum atomic E-state index is 0.747. The van der Waals surface area contributed by atoms with Gasteiger partial charge in [0.1, 0.15) is 0 Å². The van der Waals surface area contributed by atoms with E-state index in [1.54, 1.807) is 0 Å². The Bertz CT molecular complexity index is 305. The highest BCUT2D eigenvalue weighted by Gasteiger charge is 2.31. The second kappa shape index (κ2) is 4.75. The van der Waals surface area contributed by atoms with Gasteiger partial charge in [-0.25, -0.2) is 0 Å². The molecule has 1 saturated carbocycles. The molecule has 0 aliphatic heterocycles. The minimum absolute atomic E-state index is 0.747. The number of pyridine rings is 1. The normalized spacial score (nSPS) is 24.9. The fourth-order valence-corrected chi connectivity index (χ4v) is 2.28. The van der Waals surface area contributed by atoms with Crippen LogP contribution in [0.4, 0.5) is 0 Å². The molecular weight excluding hydrogens is 184 g/mol. The lowest BCUT2D eigenvalue weighted by atomic mass is 9.70. The first-order valence-electron chi connectivity index (χ1n) is 5.94. The zero-order valence-electron chi connectivity index (χ0n) is 9.66. The zero-order valence-corrected chi connectivity index (χ0v) is 9.66. The van der Waals surface area contributed by atoms with Gasteiger partial charge >= 0.3 is 0 Å². The smallest absolute Gasteiger partial charge is 0.0372 e. The quantitative estimate of drug-likeness (QED) is 0.815. The van der Waals surface area contributed by atoms with Gasteiger partial charge in [0.15, 0.2) is 0 Å². The molecule has 2 unspecified atom stereocenters. The summed E-state index contributed by atoms with van der Waals surface area (Å²) in [5.41, 5.74) is 2.54. The molecule has 0 radical (unpaired) electrons. The molecule has 82 valence electrons. The molecule has 1 aromatic heterocycles. The van der Waals surface area contributed by atoms with E-state index in [0.29, 0.717) is 0 Å². The topological polar surface area (TPSA) is 24.9 Å². The molecule has 0 aromatic carbocycles. The van der Waals surface area contributed by atoms with Gasteiger partial charge in [-0.1, -0.05) is 13.0 Å². The molecule has 1 aromatic rings. The highest BCUT2D eigenvalue weighted by Crippen LogP contribution is 2.41. The molecule has 1 heterocycles. The summed E-state index contributed by atoms with van der Waals surface area (Å²) in [6.45, 7) is 6.45. The van der Waals surface area contributed by atoms with Crippen LogP contribution < -0.4 is 5.32 Å². The Kier molecular flexibility index (Phi) is 3.37. The Hall–Kier alpha value is -0.890. The van der Waals surface area contributed by atoms with Crippen molar-refractivity contribution in [1.29, 1.82) is 0 Å². The number of aromatic nitrogens is 1. The highest BCUT2D eigenvalue weighted by molar-refractivity contribution is 5.21. The Morgan fingerprint density at radius 2 is 2.27 bits per heavy atom. The molecule has 1 fully saturated rings. The van der Waals surface area contributed by atoms with Crippen LogP contribution >= 0.6 is 0 Å². The lowest BCUT2D eigenvalue weighted by Crippen LogP contribution is -2.33. The van der Waals surface area contributed by atoms with Gasteiger partial charge in [0.2, 0.25) is 0 Å². The van der Waals surface area contributed by atoms with Crippen LogP contribution in [-0.2, 0) is 0 Å². The van der Waals surface area contributed by atoms with E-state index in [2.05, 4.69) is 35.6 Å². The summed E-state index contributed by atoms with van der Waals surface area (Å²) < 4.78 is 0. The molecule has 15 heavy (non-hydrogen) atoms. The van der Waals surface area contributed by atoms with Gasteiger partial charge in [-0.3, -0.25) is 4.98 Å². The first kappa shape index (κ1) is 10.6. The van der Waals surface area contributed by atoms with Crippen molar-refractivity contribution in [3.8, 4) is 0 Å². The Morgan fingerprint density at radius 1 is 1.40 bits per heavy atom. The first-order chi connectivity index (χ1) is 7.31. The van der Waals surface area contributed by atoms with E-state index in [0.717, 1.165) is 30.6 Å². The number of nitrogens with one attached hydrogen (secondary N) is 1. The number of rotatable bonds is 4. The Morgan fingerprint density at radius 3 is 2.80 bits per heavy atom. The van der Waals surface area contributed by atoms with Crippen LogP contribution in [0.25, 0.3) is 0 Å². The average Bonchev–Trinajstić information content (AvgIpc) is 2.20. The van der Waals surface area contributed by atoms with Gasteiger partial charge in [0.05, 0.1) is 0 Å². The molecule has 0 spiro atoms. The van der Waals surface area contributed by atoms with Gasteiger partial charge in [0, 0.05) is 11.9 Å². The predicted octanol–water partition coefficient (Wildman–Crippen LogP) is 2.49. The van der Waals surface area contributed by atoms with E-state index >= 15 is 0 Å². The third kappa shape index (κ3) is 2.37. The molecule has 2 atom stereocenters. The fourth-order valence-electron chi connectivity index (χ4n) is 2.28. The zero-order chi connectivity index (χ0) is 10.7. The van der Waals surface area contributed by atoms with E-state index in [-0.39, 0.29) is 0 Å². The van der Waals surface area contributed by atoms with Crippen LogP contribution in [0.15, 0.2) is 18.3 Å². The standard InChI is InChI=1S/C13H20N2/c1-3-14-8-11-6-7-13(11)12-5-4-10(2)15-9-12/h4-5,9,11,13-14H,3,6-8H2,1-2H3. The molecule has 2 heteroatoms. The maximum atomic E-state index is 4.38. The molecular formula is C13H20N2. The highest BCUT2D eigenvalue weighted by atomic mass is 14.9. The summed E-state index contributed by atoms with van der Waals surface area (Å²) in [6.07, 6.45) is 4.75. The average molecular weight is 204 g/mol. The maximum Gasteiger partial charge on any atom is 0.0372 e.